The van der Waals surface area contributed by atoms with Crippen LogP contribution in [0, 0.1) is 5.92 Å². The van der Waals surface area contributed by atoms with Gasteiger partial charge in [-0.2, -0.15) is 0 Å². The number of methoxy groups -OCH3 is 1. The maximum atomic E-state index is 9.88. The van der Waals surface area contributed by atoms with Gasteiger partial charge < -0.3 is 14.8 Å². The topological polar surface area (TPSA) is 57.6 Å². The fraction of sp³-hybridized carbons (Fsp3) is 0.357. The van der Waals surface area contributed by atoms with Crippen LogP contribution in [-0.4, -0.2) is 30.0 Å². The Bertz CT molecular complexity index is 570. The summed E-state index contributed by atoms with van der Waals surface area (Å²) in [4.78, 5) is 7.26. The van der Waals surface area contributed by atoms with E-state index in [0.29, 0.717) is 11.5 Å². The van der Waals surface area contributed by atoms with Crippen LogP contribution >= 0.6 is 0 Å². The van der Waals surface area contributed by atoms with Crippen LogP contribution in [0.15, 0.2) is 23.2 Å². The second-order valence-corrected chi connectivity index (χ2v) is 4.69. The molecule has 1 heterocycles. The first-order chi connectivity index (χ1) is 8.61. The van der Waals surface area contributed by atoms with E-state index in [4.69, 9.17) is 4.74 Å². The third kappa shape index (κ3) is 2.47. The first-order valence-electron chi connectivity index (χ1n) is 6.00. The summed E-state index contributed by atoms with van der Waals surface area (Å²) < 4.78 is 5.19. The summed E-state index contributed by atoms with van der Waals surface area (Å²) in [6.45, 7) is 4.96. The van der Waals surface area contributed by atoms with Gasteiger partial charge in [-0.1, -0.05) is 13.8 Å². The molecule has 0 saturated carbocycles. The lowest BCUT2D eigenvalue weighted by Crippen LogP contribution is -1.92. The summed E-state index contributed by atoms with van der Waals surface area (Å²) in [6.07, 6.45) is 1.72. The van der Waals surface area contributed by atoms with E-state index in [0.717, 1.165) is 23.2 Å². The molecular weight excluding hydrogens is 228 g/mol. The molecule has 0 bridgehead atoms. The molecule has 0 unspecified atom stereocenters. The molecule has 0 radical (unpaired) electrons. The molecule has 0 aliphatic carbocycles. The number of aromatic hydroxyl groups is 1. The van der Waals surface area contributed by atoms with Crippen LogP contribution in [0.3, 0.4) is 0 Å². The lowest BCUT2D eigenvalue weighted by atomic mass is 10.1. The molecule has 4 nitrogen and oxygen atoms in total. The van der Waals surface area contributed by atoms with E-state index in [9.17, 15) is 5.11 Å². The Morgan fingerprint density at radius 2 is 2.22 bits per heavy atom. The van der Waals surface area contributed by atoms with Gasteiger partial charge >= 0.3 is 0 Å². The molecule has 0 atom stereocenters. The lowest BCUT2D eigenvalue weighted by Gasteiger charge is -2.00. The van der Waals surface area contributed by atoms with Gasteiger partial charge in [0.2, 0.25) is 0 Å². The van der Waals surface area contributed by atoms with Gasteiger partial charge in [-0.15, -0.1) is 0 Å². The molecule has 0 amide bonds. The Labute approximate surface area is 106 Å². The number of H-pyrrole nitrogens is 1. The number of aromatic nitrogens is 1. The minimum atomic E-state index is 0.144. The lowest BCUT2D eigenvalue weighted by molar-refractivity contribution is 0.415. The predicted octanol–water partition coefficient (Wildman–Crippen LogP) is 2.96. The van der Waals surface area contributed by atoms with Crippen LogP contribution < -0.4 is 4.74 Å². The largest absolute Gasteiger partial charge is 0.497 e. The predicted molar refractivity (Wildman–Crippen MR) is 73.8 cm³/mol. The molecule has 4 heteroatoms. The first kappa shape index (κ1) is 12.5. The van der Waals surface area contributed by atoms with Gasteiger partial charge in [0.05, 0.1) is 12.7 Å². The zero-order chi connectivity index (χ0) is 13.1. The second-order valence-electron chi connectivity index (χ2n) is 4.69. The molecule has 2 aromatic rings. The van der Waals surface area contributed by atoms with Crippen molar-refractivity contribution >= 4 is 17.1 Å². The van der Waals surface area contributed by atoms with Gasteiger partial charge in [0.25, 0.3) is 0 Å². The Balaban J connectivity index is 2.41. The number of aliphatic imine (C=N–C) groups is 1. The van der Waals surface area contributed by atoms with Gasteiger partial charge in [-0.25, -0.2) is 0 Å². The van der Waals surface area contributed by atoms with E-state index in [1.54, 1.807) is 13.3 Å². The quantitative estimate of drug-likeness (QED) is 0.815. The van der Waals surface area contributed by atoms with Crippen molar-refractivity contribution in [2.75, 3.05) is 13.7 Å². The maximum absolute atomic E-state index is 9.88. The van der Waals surface area contributed by atoms with Crippen molar-refractivity contribution in [1.29, 1.82) is 0 Å². The summed E-state index contributed by atoms with van der Waals surface area (Å²) in [5.41, 5.74) is 1.59. The van der Waals surface area contributed by atoms with Gasteiger partial charge in [0.1, 0.15) is 5.75 Å². The maximum Gasteiger partial charge on any atom is 0.198 e. The van der Waals surface area contributed by atoms with Crippen LogP contribution in [0.1, 0.15) is 19.4 Å². The average Bonchev–Trinajstić information content (AvgIpc) is 2.64. The van der Waals surface area contributed by atoms with Crippen LogP contribution in [0.4, 0.5) is 0 Å². The molecule has 0 aliphatic heterocycles. The number of rotatable bonds is 4. The zero-order valence-corrected chi connectivity index (χ0v) is 10.9. The number of fused-ring (bicyclic) bond motifs is 1. The molecule has 96 valence electrons. The molecule has 0 saturated heterocycles. The summed E-state index contributed by atoms with van der Waals surface area (Å²) in [6, 6.07) is 5.63. The van der Waals surface area contributed by atoms with Gasteiger partial charge in [-0.3, -0.25) is 4.99 Å². The molecule has 0 spiro atoms. The van der Waals surface area contributed by atoms with E-state index < -0.39 is 0 Å². The number of hydrogen-bond donors (Lipinski definition) is 2. The third-order valence-corrected chi connectivity index (χ3v) is 2.72. The molecule has 2 rings (SSSR count). The minimum absolute atomic E-state index is 0.144. The van der Waals surface area contributed by atoms with Crippen molar-refractivity contribution in [3.8, 4) is 11.6 Å². The highest BCUT2D eigenvalue weighted by molar-refractivity contribution is 6.02. The smallest absolute Gasteiger partial charge is 0.198 e. The number of hydrogen-bond acceptors (Lipinski definition) is 3. The zero-order valence-electron chi connectivity index (χ0n) is 10.9. The minimum Gasteiger partial charge on any atom is -0.497 e. The molecule has 0 aliphatic rings. The summed E-state index contributed by atoms with van der Waals surface area (Å²) in [7, 11) is 1.63. The number of benzene rings is 1. The van der Waals surface area contributed by atoms with Crippen molar-refractivity contribution in [3.05, 3.63) is 23.8 Å². The van der Waals surface area contributed by atoms with Crippen molar-refractivity contribution < 1.29 is 9.84 Å². The Kier molecular flexibility index (Phi) is 3.55. The fourth-order valence-corrected chi connectivity index (χ4v) is 1.79. The molecule has 1 aromatic heterocycles. The van der Waals surface area contributed by atoms with Crippen molar-refractivity contribution in [2.45, 2.75) is 13.8 Å². The Hall–Kier alpha value is -1.97. The number of aromatic amines is 1. The van der Waals surface area contributed by atoms with Gasteiger partial charge in [0, 0.05) is 23.7 Å². The molecule has 18 heavy (non-hydrogen) atoms. The summed E-state index contributed by atoms with van der Waals surface area (Å²) in [5.74, 6) is 1.41. The van der Waals surface area contributed by atoms with Gasteiger partial charge in [-0.05, 0) is 24.1 Å². The third-order valence-electron chi connectivity index (χ3n) is 2.72. The Morgan fingerprint density at radius 3 is 2.89 bits per heavy atom. The van der Waals surface area contributed by atoms with E-state index in [1.807, 2.05) is 18.2 Å². The normalized spacial score (nSPS) is 11.8. The monoisotopic (exact) mass is 246 g/mol. The number of ether oxygens (including phenoxy) is 1. The van der Waals surface area contributed by atoms with Crippen molar-refractivity contribution in [3.63, 3.8) is 0 Å². The molecule has 2 N–H and O–H groups in total. The van der Waals surface area contributed by atoms with Crippen molar-refractivity contribution in [1.82, 2.24) is 4.98 Å². The number of nitrogens with one attached hydrogen (secondary N) is 1. The first-order valence-corrected chi connectivity index (χ1v) is 6.00. The second kappa shape index (κ2) is 5.12. The highest BCUT2D eigenvalue weighted by Gasteiger charge is 2.09. The average molecular weight is 246 g/mol. The highest BCUT2D eigenvalue weighted by atomic mass is 16.5. The van der Waals surface area contributed by atoms with E-state index in [-0.39, 0.29) is 5.88 Å². The Morgan fingerprint density at radius 1 is 1.44 bits per heavy atom. The van der Waals surface area contributed by atoms with Gasteiger partial charge in [0.15, 0.2) is 5.88 Å². The molecule has 0 fully saturated rings. The van der Waals surface area contributed by atoms with Crippen molar-refractivity contribution in [2.24, 2.45) is 10.9 Å². The number of nitrogens with zero attached hydrogens (tertiary/aromatic N) is 1. The van der Waals surface area contributed by atoms with E-state index >= 15 is 0 Å². The van der Waals surface area contributed by atoms with E-state index in [2.05, 4.69) is 23.8 Å². The SMILES string of the molecule is COc1ccc2[nH]c(O)c(C=NCC(C)C)c2c1. The summed E-state index contributed by atoms with van der Waals surface area (Å²) in [5, 5.41) is 10.8. The van der Waals surface area contributed by atoms with Crippen LogP contribution in [0.5, 0.6) is 11.6 Å². The standard InChI is InChI=1S/C14H18N2O2/c1-9(2)7-15-8-12-11-6-10(18-3)4-5-13(11)16-14(12)17/h4-6,8-9,16-17H,7H2,1-3H3. The summed E-state index contributed by atoms with van der Waals surface area (Å²) >= 11 is 0. The molecule has 1 aromatic carbocycles. The van der Waals surface area contributed by atoms with Crippen LogP contribution in [-0.2, 0) is 0 Å². The fourth-order valence-electron chi connectivity index (χ4n) is 1.79. The van der Waals surface area contributed by atoms with E-state index in [1.165, 1.54) is 0 Å². The van der Waals surface area contributed by atoms with Crippen LogP contribution in [0.25, 0.3) is 10.9 Å². The highest BCUT2D eigenvalue weighted by Crippen LogP contribution is 2.28. The van der Waals surface area contributed by atoms with Crippen LogP contribution in [0.2, 0.25) is 0 Å². The molecular formula is C14H18N2O2.